The van der Waals surface area contributed by atoms with Gasteiger partial charge in [0.1, 0.15) is 11.6 Å². The van der Waals surface area contributed by atoms with Crippen LogP contribution < -0.4 is 10.9 Å². The molecule has 2 N–H and O–H groups in total. The third kappa shape index (κ3) is 4.82. The quantitative estimate of drug-likeness (QED) is 0.764. The molecule has 1 aromatic rings. The molecule has 152 valence electrons. The Hall–Kier alpha value is -2.13. The summed E-state index contributed by atoms with van der Waals surface area (Å²) in [6.07, 6.45) is 9.92. The van der Waals surface area contributed by atoms with Crippen LogP contribution >= 0.6 is 0 Å². The van der Waals surface area contributed by atoms with Crippen molar-refractivity contribution < 1.29 is 4.79 Å². The van der Waals surface area contributed by atoms with Gasteiger partial charge in [-0.1, -0.05) is 25.7 Å². The number of rotatable bonds is 5. The van der Waals surface area contributed by atoms with Gasteiger partial charge in [0.2, 0.25) is 5.91 Å². The van der Waals surface area contributed by atoms with E-state index in [1.165, 1.54) is 38.5 Å². The summed E-state index contributed by atoms with van der Waals surface area (Å²) in [7, 11) is 0. The van der Waals surface area contributed by atoms with Gasteiger partial charge < -0.3 is 10.3 Å². The van der Waals surface area contributed by atoms with Crippen LogP contribution in [0.5, 0.6) is 0 Å². The molecule has 3 rings (SSSR count). The van der Waals surface area contributed by atoms with Gasteiger partial charge in [0.15, 0.2) is 0 Å². The average Bonchev–Trinajstić information content (AvgIpc) is 2.94. The van der Waals surface area contributed by atoms with Crippen LogP contribution in [-0.4, -0.2) is 41.0 Å². The number of pyridine rings is 1. The van der Waals surface area contributed by atoms with Crippen LogP contribution in [0.3, 0.4) is 0 Å². The lowest BCUT2D eigenvalue weighted by Crippen LogP contribution is -2.39. The molecule has 2 heterocycles. The lowest BCUT2D eigenvalue weighted by molar-refractivity contribution is -0.121. The Labute approximate surface area is 167 Å². The zero-order chi connectivity index (χ0) is 20.1. The van der Waals surface area contributed by atoms with Crippen LogP contribution in [0.2, 0.25) is 0 Å². The van der Waals surface area contributed by atoms with Crippen LogP contribution in [-0.2, 0) is 11.2 Å². The van der Waals surface area contributed by atoms with Gasteiger partial charge in [-0.25, -0.2) is 0 Å². The zero-order valence-electron chi connectivity index (χ0n) is 17.1. The highest BCUT2D eigenvalue weighted by atomic mass is 16.1. The first-order chi connectivity index (χ1) is 13.5. The van der Waals surface area contributed by atoms with Gasteiger partial charge in [0, 0.05) is 37.3 Å². The first kappa shape index (κ1) is 20.6. The van der Waals surface area contributed by atoms with E-state index in [9.17, 15) is 14.9 Å². The number of carbonyl (C=O) groups is 1. The third-order valence-corrected chi connectivity index (χ3v) is 6.45. The van der Waals surface area contributed by atoms with E-state index in [1.54, 1.807) is 6.92 Å². The SMILES string of the molecule is Cc1[nH]c(=O)c(C#N)c(C)c1CCC(=O)NC1CCN(C2CCCCCC2)C1. The standard InChI is InChI=1S/C22H32N4O2/c1-15-19(16(2)24-22(28)20(15)13-23)9-10-21(27)25-17-11-12-26(14-17)18-7-5-3-4-6-8-18/h17-18H,3-12,14H2,1-2H3,(H,24,28)(H,25,27). The van der Waals surface area contributed by atoms with E-state index in [-0.39, 0.29) is 23.1 Å². The molecule has 6 heteroatoms. The predicted molar refractivity (Wildman–Crippen MR) is 109 cm³/mol. The lowest BCUT2D eigenvalue weighted by Gasteiger charge is -2.26. The summed E-state index contributed by atoms with van der Waals surface area (Å²) < 4.78 is 0. The van der Waals surface area contributed by atoms with Gasteiger partial charge >= 0.3 is 0 Å². The molecule has 0 aromatic carbocycles. The van der Waals surface area contributed by atoms with Crippen molar-refractivity contribution in [3.05, 3.63) is 32.7 Å². The summed E-state index contributed by atoms with van der Waals surface area (Å²) in [5, 5.41) is 12.4. The molecule has 1 saturated carbocycles. The summed E-state index contributed by atoms with van der Waals surface area (Å²) in [4.78, 5) is 29.6. The fourth-order valence-corrected chi connectivity index (χ4v) is 4.82. The first-order valence-electron chi connectivity index (χ1n) is 10.7. The van der Waals surface area contributed by atoms with Gasteiger partial charge in [-0.2, -0.15) is 5.26 Å². The molecule has 1 aromatic heterocycles. The van der Waals surface area contributed by atoms with Crippen molar-refractivity contribution >= 4 is 5.91 Å². The molecule has 1 unspecified atom stereocenters. The molecular weight excluding hydrogens is 352 g/mol. The number of hydrogen-bond donors (Lipinski definition) is 2. The van der Waals surface area contributed by atoms with Gasteiger partial charge in [-0.3, -0.25) is 14.5 Å². The van der Waals surface area contributed by atoms with Crippen LogP contribution in [0, 0.1) is 25.2 Å². The number of nitriles is 1. The van der Waals surface area contributed by atoms with Crippen molar-refractivity contribution in [3.63, 3.8) is 0 Å². The highest BCUT2D eigenvalue weighted by molar-refractivity contribution is 5.76. The van der Waals surface area contributed by atoms with Crippen molar-refractivity contribution in [1.82, 2.24) is 15.2 Å². The fourth-order valence-electron chi connectivity index (χ4n) is 4.82. The summed E-state index contributed by atoms with van der Waals surface area (Å²) >= 11 is 0. The normalized spacial score (nSPS) is 21.2. The van der Waals surface area contributed by atoms with Gasteiger partial charge in [-0.05, 0) is 50.7 Å². The second-order valence-electron chi connectivity index (χ2n) is 8.36. The topological polar surface area (TPSA) is 89.0 Å². The number of nitrogens with one attached hydrogen (secondary N) is 2. The maximum Gasteiger partial charge on any atom is 0.266 e. The Morgan fingerprint density at radius 3 is 2.61 bits per heavy atom. The Bertz CT molecular complexity index is 800. The van der Waals surface area contributed by atoms with Crippen LogP contribution in [0.1, 0.15) is 73.8 Å². The Morgan fingerprint density at radius 2 is 1.93 bits per heavy atom. The van der Waals surface area contributed by atoms with Crippen LogP contribution in [0.4, 0.5) is 0 Å². The molecule has 1 aliphatic carbocycles. The molecule has 2 aliphatic rings. The van der Waals surface area contributed by atoms with Crippen molar-refractivity contribution in [1.29, 1.82) is 5.26 Å². The number of H-pyrrole nitrogens is 1. The molecule has 28 heavy (non-hydrogen) atoms. The maximum atomic E-state index is 12.5. The minimum Gasteiger partial charge on any atom is -0.352 e. The largest absolute Gasteiger partial charge is 0.352 e. The molecule has 0 radical (unpaired) electrons. The number of aromatic nitrogens is 1. The average molecular weight is 385 g/mol. The second-order valence-corrected chi connectivity index (χ2v) is 8.36. The summed E-state index contributed by atoms with van der Waals surface area (Å²) in [6, 6.07) is 2.90. The van der Waals surface area contributed by atoms with E-state index < -0.39 is 0 Å². The highest BCUT2D eigenvalue weighted by Gasteiger charge is 2.29. The third-order valence-electron chi connectivity index (χ3n) is 6.45. The second kappa shape index (κ2) is 9.38. The van der Waals surface area contributed by atoms with E-state index in [4.69, 9.17) is 0 Å². The van der Waals surface area contributed by atoms with Crippen LogP contribution in [0.15, 0.2) is 4.79 Å². The number of nitrogens with zero attached hydrogens (tertiary/aromatic N) is 2. The van der Waals surface area contributed by atoms with Gasteiger partial charge in [-0.15, -0.1) is 0 Å². The number of hydrogen-bond acceptors (Lipinski definition) is 4. The number of likely N-dealkylation sites (tertiary alicyclic amines) is 1. The van der Waals surface area contributed by atoms with E-state index in [0.29, 0.717) is 24.4 Å². The minimum absolute atomic E-state index is 0.0521. The molecule has 1 atom stereocenters. The molecule has 0 bridgehead atoms. The Balaban J connectivity index is 1.52. The monoisotopic (exact) mass is 384 g/mol. The molecule has 1 saturated heterocycles. The van der Waals surface area contributed by atoms with Crippen molar-refractivity contribution in [2.45, 2.75) is 83.7 Å². The number of aryl methyl sites for hydroxylation is 1. The molecule has 1 aliphatic heterocycles. The predicted octanol–water partition coefficient (Wildman–Crippen LogP) is 2.71. The summed E-state index contributed by atoms with van der Waals surface area (Å²) in [5.74, 6) is 0.0521. The maximum absolute atomic E-state index is 12.5. The number of amides is 1. The molecule has 6 nitrogen and oxygen atoms in total. The molecule has 2 fully saturated rings. The molecular formula is C22H32N4O2. The Kier molecular flexibility index (Phi) is 6.90. The highest BCUT2D eigenvalue weighted by Crippen LogP contribution is 2.25. The summed E-state index contributed by atoms with van der Waals surface area (Å²) in [6.45, 7) is 5.66. The summed E-state index contributed by atoms with van der Waals surface area (Å²) in [5.41, 5.74) is 2.13. The fraction of sp³-hybridized carbons (Fsp3) is 0.682. The lowest BCUT2D eigenvalue weighted by atomic mass is 9.99. The van der Waals surface area contributed by atoms with Crippen molar-refractivity contribution in [2.24, 2.45) is 0 Å². The first-order valence-corrected chi connectivity index (χ1v) is 10.7. The zero-order valence-corrected chi connectivity index (χ0v) is 17.1. The Morgan fingerprint density at radius 1 is 1.21 bits per heavy atom. The minimum atomic E-state index is -0.352. The van der Waals surface area contributed by atoms with E-state index in [2.05, 4.69) is 15.2 Å². The van der Waals surface area contributed by atoms with Crippen molar-refractivity contribution in [3.8, 4) is 6.07 Å². The number of carbonyl (C=O) groups excluding carboxylic acids is 1. The van der Waals surface area contributed by atoms with Crippen LogP contribution in [0.25, 0.3) is 0 Å². The molecule has 1 amide bonds. The molecule has 0 spiro atoms. The van der Waals surface area contributed by atoms with Gasteiger partial charge in [0.25, 0.3) is 5.56 Å². The van der Waals surface area contributed by atoms with E-state index in [0.717, 1.165) is 30.8 Å². The smallest absolute Gasteiger partial charge is 0.266 e. The van der Waals surface area contributed by atoms with Crippen molar-refractivity contribution in [2.75, 3.05) is 13.1 Å². The van der Waals surface area contributed by atoms with E-state index >= 15 is 0 Å². The van der Waals surface area contributed by atoms with E-state index in [1.807, 2.05) is 13.0 Å². The number of aromatic amines is 1. The van der Waals surface area contributed by atoms with Gasteiger partial charge in [0.05, 0.1) is 0 Å².